The van der Waals surface area contributed by atoms with Crippen LogP contribution in [0.4, 0.5) is 0 Å². The van der Waals surface area contributed by atoms with Crippen LogP contribution < -0.4 is 0 Å². The summed E-state index contributed by atoms with van der Waals surface area (Å²) in [5.41, 5.74) is 2.81. The van der Waals surface area contributed by atoms with Crippen molar-refractivity contribution in [3.8, 4) is 11.5 Å². The minimum Gasteiger partial charge on any atom is -0.337 e. The van der Waals surface area contributed by atoms with Gasteiger partial charge in [0.25, 0.3) is 0 Å². The molecule has 2 aromatic heterocycles. The van der Waals surface area contributed by atoms with Crippen molar-refractivity contribution in [1.29, 1.82) is 0 Å². The monoisotopic (exact) mass is 408 g/mol. The zero-order valence-corrected chi connectivity index (χ0v) is 16.8. The number of nitrogens with one attached hydrogen (secondary N) is 1. The zero-order chi connectivity index (χ0) is 18.4. The Hall–Kier alpha value is -1.47. The highest BCUT2D eigenvalue weighted by molar-refractivity contribution is 7.11. The first kappa shape index (κ1) is 17.9. The normalized spacial score (nSPS) is 19.9. The lowest BCUT2D eigenvalue weighted by Crippen LogP contribution is -2.43. The van der Waals surface area contributed by atoms with Gasteiger partial charge in [-0.2, -0.15) is 4.37 Å². The standard InChI is InChI=1S/C18H18Cl2N4OS/c1-24(2)13-6-4-9(13)8-14(25)10-3-5-11-12(7-10)22-18(21-11)16-15(19)17(20)26-23-16/h3,5,7,9,13H,4,6,8H2,1-2H3,(H,21,22). The molecular formula is C18H18Cl2N4OS. The largest absolute Gasteiger partial charge is 0.337 e. The smallest absolute Gasteiger partial charge is 0.163 e. The summed E-state index contributed by atoms with van der Waals surface area (Å²) < 4.78 is 4.67. The Labute approximate surface area is 165 Å². The molecule has 0 amide bonds. The molecular weight excluding hydrogens is 391 g/mol. The third-order valence-corrected chi connectivity index (χ3v) is 6.73. The fourth-order valence-corrected chi connectivity index (χ4v) is 4.53. The maximum absolute atomic E-state index is 12.7. The van der Waals surface area contributed by atoms with Gasteiger partial charge < -0.3 is 9.88 Å². The fourth-order valence-electron chi connectivity index (χ4n) is 3.53. The molecule has 5 nitrogen and oxygen atoms in total. The van der Waals surface area contributed by atoms with E-state index in [2.05, 4.69) is 33.3 Å². The van der Waals surface area contributed by atoms with Crippen LogP contribution in [0.1, 0.15) is 29.6 Å². The van der Waals surface area contributed by atoms with E-state index in [1.54, 1.807) is 0 Å². The van der Waals surface area contributed by atoms with Crippen LogP contribution in [-0.4, -0.2) is 45.2 Å². The molecule has 4 rings (SSSR count). The maximum atomic E-state index is 12.7. The summed E-state index contributed by atoms with van der Waals surface area (Å²) in [7, 11) is 4.16. The molecule has 3 aromatic rings. The van der Waals surface area contributed by atoms with Crippen LogP contribution in [0.25, 0.3) is 22.6 Å². The van der Waals surface area contributed by atoms with Crippen molar-refractivity contribution in [2.24, 2.45) is 5.92 Å². The molecule has 0 bridgehead atoms. The van der Waals surface area contributed by atoms with E-state index in [0.717, 1.165) is 29.0 Å². The van der Waals surface area contributed by atoms with E-state index >= 15 is 0 Å². The predicted octanol–water partition coefficient (Wildman–Crippen LogP) is 4.91. The molecule has 26 heavy (non-hydrogen) atoms. The molecule has 0 aliphatic heterocycles. The minimum absolute atomic E-state index is 0.175. The highest BCUT2D eigenvalue weighted by Gasteiger charge is 2.34. The second-order valence-electron chi connectivity index (χ2n) is 6.93. The molecule has 1 saturated carbocycles. The summed E-state index contributed by atoms with van der Waals surface area (Å²) in [6.45, 7) is 0. The van der Waals surface area contributed by atoms with Gasteiger partial charge in [0.15, 0.2) is 11.6 Å². The molecule has 2 atom stereocenters. The number of hydrogen-bond donors (Lipinski definition) is 1. The van der Waals surface area contributed by atoms with Crippen LogP contribution in [0.5, 0.6) is 0 Å². The van der Waals surface area contributed by atoms with E-state index in [4.69, 9.17) is 23.2 Å². The number of aromatic amines is 1. The summed E-state index contributed by atoms with van der Waals surface area (Å²) in [5.74, 6) is 1.18. The Balaban J connectivity index is 1.58. The second-order valence-corrected chi connectivity index (χ2v) is 8.69. The third kappa shape index (κ3) is 3.16. The van der Waals surface area contributed by atoms with Crippen LogP contribution in [0.15, 0.2) is 18.2 Å². The van der Waals surface area contributed by atoms with Crippen molar-refractivity contribution in [3.05, 3.63) is 33.1 Å². The molecule has 0 spiro atoms. The zero-order valence-electron chi connectivity index (χ0n) is 14.4. The molecule has 1 N–H and O–H groups in total. The Morgan fingerprint density at radius 1 is 1.35 bits per heavy atom. The number of carbonyl (C=O) groups is 1. The Morgan fingerprint density at radius 3 is 2.77 bits per heavy atom. The SMILES string of the molecule is CN(C)C1CCC1CC(=O)c1ccc2nc(-c3nsc(Cl)c3Cl)[nH]c2c1. The summed E-state index contributed by atoms with van der Waals surface area (Å²) in [5, 5.41) is 0.395. The third-order valence-electron chi connectivity index (χ3n) is 5.11. The lowest BCUT2D eigenvalue weighted by Gasteiger charge is -2.40. The number of carbonyl (C=O) groups excluding carboxylic acids is 1. The lowest BCUT2D eigenvalue weighted by molar-refractivity contribution is 0.0757. The number of nitrogens with zero attached hydrogens (tertiary/aromatic N) is 3. The first-order valence-corrected chi connectivity index (χ1v) is 9.97. The molecule has 8 heteroatoms. The molecule has 1 aliphatic rings. The van der Waals surface area contributed by atoms with Gasteiger partial charge >= 0.3 is 0 Å². The van der Waals surface area contributed by atoms with Gasteiger partial charge in [0.1, 0.15) is 15.1 Å². The van der Waals surface area contributed by atoms with E-state index in [0.29, 0.717) is 44.8 Å². The average Bonchev–Trinajstić information content (AvgIpc) is 3.13. The number of ketones is 1. The number of Topliss-reactive ketones (excluding diaryl/α,β-unsaturated/α-hetero) is 1. The molecule has 1 aliphatic carbocycles. The molecule has 1 aromatic carbocycles. The number of hydrogen-bond acceptors (Lipinski definition) is 5. The van der Waals surface area contributed by atoms with Crippen LogP contribution in [0.3, 0.4) is 0 Å². The Morgan fingerprint density at radius 2 is 2.15 bits per heavy atom. The van der Waals surface area contributed by atoms with Crippen molar-refractivity contribution in [2.75, 3.05) is 14.1 Å². The summed E-state index contributed by atoms with van der Waals surface area (Å²) in [4.78, 5) is 22.6. The molecule has 136 valence electrons. The summed E-state index contributed by atoms with van der Waals surface area (Å²) >= 11 is 13.3. The minimum atomic E-state index is 0.175. The molecule has 2 unspecified atom stereocenters. The lowest BCUT2D eigenvalue weighted by atomic mass is 9.75. The van der Waals surface area contributed by atoms with Gasteiger partial charge in [-0.15, -0.1) is 0 Å². The predicted molar refractivity (Wildman–Crippen MR) is 106 cm³/mol. The maximum Gasteiger partial charge on any atom is 0.163 e. The van der Waals surface area contributed by atoms with Gasteiger partial charge in [-0.1, -0.05) is 23.2 Å². The van der Waals surface area contributed by atoms with Crippen molar-refractivity contribution in [1.82, 2.24) is 19.2 Å². The van der Waals surface area contributed by atoms with Crippen molar-refractivity contribution < 1.29 is 4.79 Å². The second kappa shape index (κ2) is 6.93. The van der Waals surface area contributed by atoms with Crippen LogP contribution in [0.2, 0.25) is 9.36 Å². The van der Waals surface area contributed by atoms with Gasteiger partial charge in [0, 0.05) is 18.0 Å². The van der Waals surface area contributed by atoms with Gasteiger partial charge in [-0.3, -0.25) is 4.79 Å². The van der Waals surface area contributed by atoms with Crippen LogP contribution in [0, 0.1) is 5.92 Å². The number of H-pyrrole nitrogens is 1. The van der Waals surface area contributed by atoms with Crippen LogP contribution in [-0.2, 0) is 0 Å². The number of aromatic nitrogens is 3. The van der Waals surface area contributed by atoms with Gasteiger partial charge in [-0.05, 0) is 62.6 Å². The molecule has 0 saturated heterocycles. The topological polar surface area (TPSA) is 61.9 Å². The van der Waals surface area contributed by atoms with E-state index in [-0.39, 0.29) is 5.78 Å². The Bertz CT molecular complexity index is 981. The average molecular weight is 409 g/mol. The van der Waals surface area contributed by atoms with Gasteiger partial charge in [0.2, 0.25) is 0 Å². The number of imidazole rings is 1. The van der Waals surface area contributed by atoms with Gasteiger partial charge in [0.05, 0.1) is 11.0 Å². The van der Waals surface area contributed by atoms with E-state index in [9.17, 15) is 4.79 Å². The van der Waals surface area contributed by atoms with E-state index in [1.165, 1.54) is 6.42 Å². The molecule has 2 heterocycles. The van der Waals surface area contributed by atoms with Crippen LogP contribution >= 0.6 is 34.7 Å². The quantitative estimate of drug-likeness (QED) is 0.609. The highest BCUT2D eigenvalue weighted by Crippen LogP contribution is 2.36. The first-order valence-electron chi connectivity index (χ1n) is 8.44. The van der Waals surface area contributed by atoms with Gasteiger partial charge in [-0.25, -0.2) is 4.98 Å². The number of rotatable bonds is 5. The van der Waals surface area contributed by atoms with E-state index in [1.807, 2.05) is 18.2 Å². The molecule has 0 radical (unpaired) electrons. The summed E-state index contributed by atoms with van der Waals surface area (Å²) in [6, 6.07) is 6.07. The number of fused-ring (bicyclic) bond motifs is 1. The Kier molecular flexibility index (Phi) is 4.77. The van der Waals surface area contributed by atoms with E-state index < -0.39 is 0 Å². The van der Waals surface area contributed by atoms with Crippen molar-refractivity contribution in [2.45, 2.75) is 25.3 Å². The number of halogens is 2. The fraction of sp³-hybridized carbons (Fsp3) is 0.389. The highest BCUT2D eigenvalue weighted by atomic mass is 35.5. The molecule has 1 fully saturated rings. The first-order chi connectivity index (χ1) is 12.4. The van der Waals surface area contributed by atoms with Crippen molar-refractivity contribution >= 4 is 51.6 Å². The summed E-state index contributed by atoms with van der Waals surface area (Å²) in [6.07, 6.45) is 2.88. The number of benzene rings is 1. The van der Waals surface area contributed by atoms with Crippen molar-refractivity contribution in [3.63, 3.8) is 0 Å².